The number of pyridine rings is 1. The van der Waals surface area contributed by atoms with Crippen molar-refractivity contribution in [1.82, 2.24) is 14.8 Å². The van der Waals surface area contributed by atoms with Crippen LogP contribution in [0.1, 0.15) is 36.7 Å². The molecule has 2 aromatic rings. The second-order valence-electron chi connectivity index (χ2n) is 9.89. The SMILES string of the molecule is CN(Cc1ccccc1)C(=O)c1cncc(N2CC3CN(C(=O)OC(C)(C)C)CC3C2)c1. The van der Waals surface area contributed by atoms with Crippen LogP contribution in [-0.2, 0) is 11.3 Å². The van der Waals surface area contributed by atoms with Crippen molar-refractivity contribution < 1.29 is 14.3 Å². The van der Waals surface area contributed by atoms with Gasteiger partial charge in [0, 0.05) is 57.8 Å². The average molecular weight is 437 g/mol. The summed E-state index contributed by atoms with van der Waals surface area (Å²) in [4.78, 5) is 35.5. The van der Waals surface area contributed by atoms with Gasteiger partial charge in [0.2, 0.25) is 0 Å². The summed E-state index contributed by atoms with van der Waals surface area (Å²) in [6, 6.07) is 11.9. The summed E-state index contributed by atoms with van der Waals surface area (Å²) in [5.74, 6) is 0.768. The predicted molar refractivity (Wildman–Crippen MR) is 123 cm³/mol. The molecule has 2 aliphatic heterocycles. The van der Waals surface area contributed by atoms with Gasteiger partial charge in [0.1, 0.15) is 5.60 Å². The van der Waals surface area contributed by atoms with Crippen LogP contribution in [0, 0.1) is 11.8 Å². The van der Waals surface area contributed by atoms with Gasteiger partial charge in [0.25, 0.3) is 5.91 Å². The van der Waals surface area contributed by atoms with Crippen LogP contribution < -0.4 is 4.90 Å². The second-order valence-corrected chi connectivity index (χ2v) is 9.89. The molecule has 7 heteroatoms. The fourth-order valence-electron chi connectivity index (χ4n) is 4.55. The number of carbonyl (C=O) groups is 2. The summed E-state index contributed by atoms with van der Waals surface area (Å²) in [5.41, 5.74) is 2.16. The molecule has 3 heterocycles. The quantitative estimate of drug-likeness (QED) is 0.732. The number of anilines is 1. The Bertz CT molecular complexity index is 959. The Morgan fingerprint density at radius 1 is 1.06 bits per heavy atom. The van der Waals surface area contributed by atoms with Crippen molar-refractivity contribution >= 4 is 17.7 Å². The Kier molecular flexibility index (Phi) is 6.09. The van der Waals surface area contributed by atoms with E-state index < -0.39 is 5.60 Å². The Morgan fingerprint density at radius 3 is 2.34 bits per heavy atom. The van der Waals surface area contributed by atoms with Crippen molar-refractivity contribution in [3.05, 3.63) is 59.9 Å². The summed E-state index contributed by atoms with van der Waals surface area (Å²) < 4.78 is 5.53. The molecule has 32 heavy (non-hydrogen) atoms. The number of fused-ring (bicyclic) bond motifs is 1. The Balaban J connectivity index is 1.37. The van der Waals surface area contributed by atoms with E-state index in [0.717, 1.165) is 24.3 Å². The third kappa shape index (κ3) is 5.03. The van der Waals surface area contributed by atoms with E-state index in [-0.39, 0.29) is 12.0 Å². The lowest BCUT2D eigenvalue weighted by atomic mass is 10.0. The lowest BCUT2D eigenvalue weighted by Gasteiger charge is -2.26. The molecule has 1 aromatic carbocycles. The van der Waals surface area contributed by atoms with Gasteiger partial charge in [-0.15, -0.1) is 0 Å². The number of amides is 2. The highest BCUT2D eigenvalue weighted by Crippen LogP contribution is 2.34. The van der Waals surface area contributed by atoms with Crippen molar-refractivity contribution in [2.75, 3.05) is 38.1 Å². The number of carbonyl (C=O) groups excluding carboxylic acids is 2. The molecule has 7 nitrogen and oxygen atoms in total. The molecule has 2 aliphatic rings. The zero-order valence-corrected chi connectivity index (χ0v) is 19.3. The zero-order chi connectivity index (χ0) is 22.9. The first-order chi connectivity index (χ1) is 15.2. The molecule has 0 N–H and O–H groups in total. The second kappa shape index (κ2) is 8.81. The molecule has 2 atom stereocenters. The van der Waals surface area contributed by atoms with E-state index in [9.17, 15) is 9.59 Å². The molecule has 2 fully saturated rings. The lowest BCUT2D eigenvalue weighted by Crippen LogP contribution is -2.37. The van der Waals surface area contributed by atoms with E-state index in [2.05, 4.69) is 9.88 Å². The van der Waals surface area contributed by atoms with Gasteiger partial charge >= 0.3 is 6.09 Å². The Labute approximate surface area is 190 Å². The molecule has 4 rings (SSSR count). The van der Waals surface area contributed by atoms with Crippen molar-refractivity contribution in [3.63, 3.8) is 0 Å². The minimum Gasteiger partial charge on any atom is -0.444 e. The van der Waals surface area contributed by atoms with Crippen LogP contribution in [0.4, 0.5) is 10.5 Å². The van der Waals surface area contributed by atoms with Gasteiger partial charge in [0.05, 0.1) is 17.4 Å². The predicted octanol–water partition coefficient (Wildman–Crippen LogP) is 3.66. The van der Waals surface area contributed by atoms with Gasteiger partial charge in [-0.1, -0.05) is 30.3 Å². The highest BCUT2D eigenvalue weighted by Gasteiger charge is 2.42. The Morgan fingerprint density at radius 2 is 1.72 bits per heavy atom. The first-order valence-corrected chi connectivity index (χ1v) is 11.2. The van der Waals surface area contributed by atoms with Crippen LogP contribution in [-0.4, -0.2) is 65.6 Å². The van der Waals surface area contributed by atoms with E-state index in [0.29, 0.717) is 37.0 Å². The maximum Gasteiger partial charge on any atom is 0.410 e. The molecular formula is C25H32N4O3. The van der Waals surface area contributed by atoms with Gasteiger partial charge < -0.3 is 19.4 Å². The van der Waals surface area contributed by atoms with E-state index in [4.69, 9.17) is 4.74 Å². The number of rotatable bonds is 4. The van der Waals surface area contributed by atoms with Crippen molar-refractivity contribution in [1.29, 1.82) is 0 Å². The molecule has 0 spiro atoms. The number of hydrogen-bond acceptors (Lipinski definition) is 5. The van der Waals surface area contributed by atoms with Gasteiger partial charge in [-0.25, -0.2) is 4.79 Å². The van der Waals surface area contributed by atoms with Crippen LogP contribution in [0.25, 0.3) is 0 Å². The number of aromatic nitrogens is 1. The lowest BCUT2D eigenvalue weighted by molar-refractivity contribution is 0.0282. The fourth-order valence-corrected chi connectivity index (χ4v) is 4.55. The molecule has 0 saturated carbocycles. The van der Waals surface area contributed by atoms with Crippen LogP contribution in [0.2, 0.25) is 0 Å². The van der Waals surface area contributed by atoms with E-state index in [1.54, 1.807) is 11.1 Å². The molecule has 0 radical (unpaired) electrons. The molecule has 2 amide bonds. The van der Waals surface area contributed by atoms with Crippen LogP contribution in [0.15, 0.2) is 48.8 Å². The van der Waals surface area contributed by atoms with Crippen molar-refractivity contribution in [3.8, 4) is 0 Å². The topological polar surface area (TPSA) is 66.0 Å². The highest BCUT2D eigenvalue weighted by atomic mass is 16.6. The molecule has 0 bridgehead atoms. The van der Waals surface area contributed by atoms with Gasteiger partial charge in [-0.2, -0.15) is 0 Å². The van der Waals surface area contributed by atoms with Gasteiger partial charge in [0.15, 0.2) is 0 Å². The van der Waals surface area contributed by atoms with E-state index in [1.165, 1.54) is 0 Å². The summed E-state index contributed by atoms with van der Waals surface area (Å²) in [7, 11) is 1.81. The van der Waals surface area contributed by atoms with E-state index in [1.807, 2.05) is 75.3 Å². The summed E-state index contributed by atoms with van der Waals surface area (Å²) in [6.07, 6.45) is 3.23. The zero-order valence-electron chi connectivity index (χ0n) is 19.3. The molecule has 0 aliphatic carbocycles. The van der Waals surface area contributed by atoms with Crippen LogP contribution >= 0.6 is 0 Å². The van der Waals surface area contributed by atoms with Gasteiger partial charge in [-0.05, 0) is 32.4 Å². The number of benzene rings is 1. The van der Waals surface area contributed by atoms with Crippen LogP contribution in [0.5, 0.6) is 0 Å². The first kappa shape index (κ1) is 22.1. The fraction of sp³-hybridized carbons (Fsp3) is 0.480. The summed E-state index contributed by atoms with van der Waals surface area (Å²) in [5, 5.41) is 0. The normalized spacial score (nSPS) is 20.2. The number of likely N-dealkylation sites (tertiary alicyclic amines) is 1. The van der Waals surface area contributed by atoms with E-state index >= 15 is 0 Å². The largest absolute Gasteiger partial charge is 0.444 e. The number of nitrogens with zero attached hydrogens (tertiary/aromatic N) is 4. The molecule has 2 saturated heterocycles. The van der Waals surface area contributed by atoms with Crippen molar-refractivity contribution in [2.45, 2.75) is 32.9 Å². The standard InChI is InChI=1S/C25H32N4O3/c1-25(2,3)32-24(31)29-16-20-14-28(15-21(20)17-29)22-10-19(11-26-12-22)23(30)27(4)13-18-8-6-5-7-9-18/h5-12,20-21H,13-17H2,1-4H3. The maximum atomic E-state index is 13.0. The monoisotopic (exact) mass is 436 g/mol. The minimum absolute atomic E-state index is 0.0429. The molecule has 2 unspecified atom stereocenters. The molecular weight excluding hydrogens is 404 g/mol. The first-order valence-electron chi connectivity index (χ1n) is 11.2. The number of ether oxygens (including phenoxy) is 1. The summed E-state index contributed by atoms with van der Waals surface area (Å²) >= 11 is 0. The third-order valence-corrected chi connectivity index (χ3v) is 6.08. The smallest absolute Gasteiger partial charge is 0.410 e. The summed E-state index contributed by atoms with van der Waals surface area (Å²) in [6.45, 7) is 9.35. The molecule has 1 aromatic heterocycles. The van der Waals surface area contributed by atoms with Gasteiger partial charge in [-0.3, -0.25) is 9.78 Å². The maximum absolute atomic E-state index is 13.0. The molecule has 170 valence electrons. The third-order valence-electron chi connectivity index (χ3n) is 6.08. The Hall–Kier alpha value is -3.09. The van der Waals surface area contributed by atoms with Crippen molar-refractivity contribution in [2.24, 2.45) is 11.8 Å². The highest BCUT2D eigenvalue weighted by molar-refractivity contribution is 5.94. The average Bonchev–Trinajstić information content (AvgIpc) is 3.32. The number of hydrogen-bond donors (Lipinski definition) is 0. The van der Waals surface area contributed by atoms with Crippen LogP contribution in [0.3, 0.4) is 0 Å². The minimum atomic E-state index is -0.479.